The molecule has 0 saturated carbocycles. The maximum absolute atomic E-state index is 10.0. The molecular weight excluding hydrogens is 412 g/mol. The van der Waals surface area contributed by atoms with Gasteiger partial charge in [-0.05, 0) is 41.9 Å². The number of ether oxygens (including phenoxy) is 2. The summed E-state index contributed by atoms with van der Waals surface area (Å²) in [6, 6.07) is 9.84. The molecule has 1 atom stereocenters. The second kappa shape index (κ2) is 8.56. The Morgan fingerprint density at radius 1 is 1.25 bits per heavy atom. The Kier molecular flexibility index (Phi) is 6.71. The molecule has 1 aliphatic heterocycles. The average Bonchev–Trinajstić information content (AvgIpc) is 3.28. The minimum absolute atomic E-state index is 0.0509. The van der Waals surface area contributed by atoms with Crippen LogP contribution in [0.2, 0.25) is 23.2 Å². The van der Waals surface area contributed by atoms with Gasteiger partial charge in [0.1, 0.15) is 0 Å². The Balaban J connectivity index is 2.06. The van der Waals surface area contributed by atoms with E-state index in [1.165, 1.54) is 11.3 Å². The predicted molar refractivity (Wildman–Crippen MR) is 116 cm³/mol. The Labute approximate surface area is 177 Å². The number of benzene rings is 1. The van der Waals surface area contributed by atoms with Crippen LogP contribution in [-0.4, -0.2) is 26.6 Å². The third-order valence-corrected chi connectivity index (χ3v) is 11.3. The van der Waals surface area contributed by atoms with E-state index in [2.05, 4.69) is 39.9 Å². The summed E-state index contributed by atoms with van der Waals surface area (Å²) < 4.78 is 18.2. The topological polar surface area (TPSA) is 47.9 Å². The summed E-state index contributed by atoms with van der Waals surface area (Å²) in [5.41, 5.74) is 1.96. The molecule has 0 radical (unpaired) electrons. The summed E-state index contributed by atoms with van der Waals surface area (Å²) in [5, 5.41) is 10.8. The Hall–Kier alpha value is -0.733. The van der Waals surface area contributed by atoms with Crippen molar-refractivity contribution >= 4 is 31.3 Å². The second-order valence-electron chi connectivity index (χ2n) is 8.57. The van der Waals surface area contributed by atoms with Crippen molar-refractivity contribution in [1.82, 2.24) is 0 Å². The van der Waals surface area contributed by atoms with E-state index in [1.807, 2.05) is 24.3 Å². The van der Waals surface area contributed by atoms with Crippen LogP contribution >= 0.6 is 22.9 Å². The molecule has 7 heteroatoms. The zero-order chi connectivity index (χ0) is 20.5. The van der Waals surface area contributed by atoms with Crippen LogP contribution in [0.5, 0.6) is 0 Å². The Bertz CT molecular complexity index is 809. The summed E-state index contributed by atoms with van der Waals surface area (Å²) in [6.07, 6.45) is -0.662. The third kappa shape index (κ3) is 4.70. The summed E-state index contributed by atoms with van der Waals surface area (Å²) in [7, 11) is -2.09. The second-order valence-corrected chi connectivity index (χ2v) is 14.9. The SMILES string of the molecule is CC(C)(C)[Si](C)(C)OC(c1cccc(Cl)c1)c1cc(C2OCCO2)sc1CO. The van der Waals surface area contributed by atoms with Gasteiger partial charge < -0.3 is 19.0 Å². The molecule has 1 aromatic carbocycles. The summed E-state index contributed by atoms with van der Waals surface area (Å²) >= 11 is 7.81. The summed E-state index contributed by atoms with van der Waals surface area (Å²) in [4.78, 5) is 1.83. The van der Waals surface area contributed by atoms with Gasteiger partial charge in [0, 0.05) is 15.5 Å². The van der Waals surface area contributed by atoms with Crippen LogP contribution in [0, 0.1) is 0 Å². The van der Waals surface area contributed by atoms with Crippen molar-refractivity contribution in [3.63, 3.8) is 0 Å². The lowest BCUT2D eigenvalue weighted by molar-refractivity contribution is -0.0413. The molecule has 1 aliphatic rings. The van der Waals surface area contributed by atoms with Crippen LogP contribution in [0.4, 0.5) is 0 Å². The lowest BCUT2D eigenvalue weighted by Gasteiger charge is -2.39. The van der Waals surface area contributed by atoms with Crippen molar-refractivity contribution < 1.29 is 19.0 Å². The third-order valence-electron chi connectivity index (χ3n) is 5.51. The fourth-order valence-electron chi connectivity index (χ4n) is 2.90. The van der Waals surface area contributed by atoms with E-state index in [0.29, 0.717) is 18.2 Å². The summed E-state index contributed by atoms with van der Waals surface area (Å²) in [5.74, 6) is 0. The van der Waals surface area contributed by atoms with Crippen LogP contribution in [0.15, 0.2) is 30.3 Å². The summed E-state index contributed by atoms with van der Waals surface area (Å²) in [6.45, 7) is 12.3. The molecule has 1 saturated heterocycles. The Morgan fingerprint density at radius 3 is 2.50 bits per heavy atom. The van der Waals surface area contributed by atoms with Crippen LogP contribution in [0.1, 0.15) is 54.0 Å². The number of rotatable bonds is 6. The standard InChI is InChI=1S/C21H29ClO4SSi/c1-21(2,3)28(4,5)26-19(14-7-6-8-15(22)11-14)16-12-17(27-18(16)13-23)20-24-9-10-25-20/h6-8,11-12,19-20,23H,9-10,13H2,1-5H3. The molecule has 2 aromatic rings. The first-order valence-corrected chi connectivity index (χ1v) is 13.6. The molecule has 1 aromatic heterocycles. The fourth-order valence-corrected chi connectivity index (χ4v) is 5.36. The van der Waals surface area contributed by atoms with Crippen molar-refractivity contribution in [2.24, 2.45) is 0 Å². The quantitative estimate of drug-likeness (QED) is 0.555. The highest BCUT2D eigenvalue weighted by Gasteiger charge is 2.40. The zero-order valence-electron chi connectivity index (χ0n) is 17.1. The molecule has 2 heterocycles. The Morgan fingerprint density at radius 2 is 1.93 bits per heavy atom. The van der Waals surface area contributed by atoms with Crippen molar-refractivity contribution in [3.05, 3.63) is 56.2 Å². The van der Waals surface area contributed by atoms with E-state index in [4.69, 9.17) is 25.5 Å². The maximum Gasteiger partial charge on any atom is 0.193 e. The number of aliphatic hydroxyl groups is 1. The highest BCUT2D eigenvalue weighted by atomic mass is 35.5. The molecule has 1 unspecified atom stereocenters. The van der Waals surface area contributed by atoms with E-state index in [-0.39, 0.29) is 24.0 Å². The van der Waals surface area contributed by atoms with E-state index in [1.54, 1.807) is 0 Å². The lowest BCUT2D eigenvalue weighted by Crippen LogP contribution is -2.42. The van der Waals surface area contributed by atoms with Crippen LogP contribution < -0.4 is 0 Å². The molecule has 3 rings (SSSR count). The molecule has 4 nitrogen and oxygen atoms in total. The van der Waals surface area contributed by atoms with Gasteiger partial charge in [-0.3, -0.25) is 0 Å². The normalized spacial score (nSPS) is 17.2. The largest absolute Gasteiger partial charge is 0.406 e. The molecule has 1 fully saturated rings. The zero-order valence-corrected chi connectivity index (χ0v) is 19.7. The molecule has 28 heavy (non-hydrogen) atoms. The van der Waals surface area contributed by atoms with Gasteiger partial charge >= 0.3 is 0 Å². The van der Waals surface area contributed by atoms with Gasteiger partial charge in [0.05, 0.1) is 30.8 Å². The molecule has 1 N–H and O–H groups in total. The van der Waals surface area contributed by atoms with Gasteiger partial charge in [0.25, 0.3) is 0 Å². The first-order valence-electron chi connectivity index (χ1n) is 9.52. The molecule has 0 amide bonds. The fraction of sp³-hybridized carbons (Fsp3) is 0.524. The molecular formula is C21H29ClO4SSi. The molecule has 0 bridgehead atoms. The smallest absolute Gasteiger partial charge is 0.193 e. The van der Waals surface area contributed by atoms with Gasteiger partial charge in [-0.2, -0.15) is 0 Å². The van der Waals surface area contributed by atoms with E-state index in [9.17, 15) is 5.11 Å². The van der Waals surface area contributed by atoms with E-state index < -0.39 is 8.32 Å². The van der Waals surface area contributed by atoms with E-state index >= 15 is 0 Å². The minimum atomic E-state index is -2.09. The first-order chi connectivity index (χ1) is 13.1. The lowest BCUT2D eigenvalue weighted by atomic mass is 10.0. The molecule has 0 aliphatic carbocycles. The van der Waals surface area contributed by atoms with Crippen LogP contribution in [-0.2, 0) is 20.5 Å². The monoisotopic (exact) mass is 440 g/mol. The minimum Gasteiger partial charge on any atom is -0.406 e. The van der Waals surface area contributed by atoms with E-state index in [0.717, 1.165) is 20.9 Å². The van der Waals surface area contributed by atoms with Gasteiger partial charge in [-0.15, -0.1) is 11.3 Å². The number of thiophene rings is 1. The van der Waals surface area contributed by atoms with Gasteiger partial charge in [0.15, 0.2) is 14.6 Å². The highest BCUT2D eigenvalue weighted by Crippen LogP contribution is 2.44. The number of halogens is 1. The maximum atomic E-state index is 10.0. The van der Waals surface area contributed by atoms with Crippen molar-refractivity contribution in [2.45, 2.75) is 57.9 Å². The molecule has 154 valence electrons. The van der Waals surface area contributed by atoms with Gasteiger partial charge in [0.2, 0.25) is 0 Å². The highest BCUT2D eigenvalue weighted by molar-refractivity contribution is 7.12. The van der Waals surface area contributed by atoms with Crippen molar-refractivity contribution in [2.75, 3.05) is 13.2 Å². The molecule has 0 spiro atoms. The number of aliphatic hydroxyl groups excluding tert-OH is 1. The van der Waals surface area contributed by atoms with Gasteiger partial charge in [-0.1, -0.05) is 44.5 Å². The van der Waals surface area contributed by atoms with Crippen molar-refractivity contribution in [1.29, 1.82) is 0 Å². The van der Waals surface area contributed by atoms with Gasteiger partial charge in [-0.25, -0.2) is 0 Å². The van der Waals surface area contributed by atoms with Crippen molar-refractivity contribution in [3.8, 4) is 0 Å². The number of hydrogen-bond donors (Lipinski definition) is 1. The predicted octanol–water partition coefficient (Wildman–Crippen LogP) is 6.05. The van der Waals surface area contributed by atoms with Crippen LogP contribution in [0.25, 0.3) is 0 Å². The average molecular weight is 441 g/mol. The number of hydrogen-bond acceptors (Lipinski definition) is 5. The van der Waals surface area contributed by atoms with Crippen LogP contribution in [0.3, 0.4) is 0 Å². The first kappa shape index (κ1) is 22.0.